The predicted octanol–water partition coefficient (Wildman–Crippen LogP) is 3.78. The maximum absolute atomic E-state index is 12.4. The van der Waals surface area contributed by atoms with Gasteiger partial charge in [-0.3, -0.25) is 0 Å². The Morgan fingerprint density at radius 2 is 2.00 bits per heavy atom. The van der Waals surface area contributed by atoms with Crippen LogP contribution in [0.1, 0.15) is 24.0 Å². The first kappa shape index (κ1) is 11.4. The van der Waals surface area contributed by atoms with Crippen molar-refractivity contribution in [1.29, 1.82) is 0 Å². The fraction of sp³-hybridized carbons (Fsp3) is 0.400. The van der Waals surface area contributed by atoms with Gasteiger partial charge in [0.25, 0.3) is 0 Å². The molecule has 1 unspecified atom stereocenters. The van der Waals surface area contributed by atoms with Crippen molar-refractivity contribution in [2.45, 2.75) is 24.8 Å². The molecule has 4 heteroatoms. The van der Waals surface area contributed by atoms with E-state index in [1.807, 2.05) is 0 Å². The van der Waals surface area contributed by atoms with Crippen LogP contribution in [-0.2, 0) is 5.75 Å². The lowest BCUT2D eigenvalue weighted by Gasteiger charge is -2.16. The van der Waals surface area contributed by atoms with Crippen molar-refractivity contribution in [1.82, 2.24) is 0 Å². The second-order valence-corrected chi connectivity index (χ2v) is 3.48. The van der Waals surface area contributed by atoms with Crippen LogP contribution in [0.5, 0.6) is 0 Å². The van der Waals surface area contributed by atoms with Gasteiger partial charge in [0.15, 0.2) is 0 Å². The lowest BCUT2D eigenvalue weighted by molar-refractivity contribution is -0.146. The summed E-state index contributed by atoms with van der Waals surface area (Å²) in [5.41, 5.74) is 1.10. The summed E-state index contributed by atoms with van der Waals surface area (Å²) in [4.78, 5) is 0. The van der Waals surface area contributed by atoms with E-state index in [1.54, 1.807) is 18.2 Å². The first-order chi connectivity index (χ1) is 6.45. The van der Waals surface area contributed by atoms with Crippen molar-refractivity contribution >= 4 is 12.6 Å². The number of alkyl halides is 3. The molecule has 1 aromatic carbocycles. The second-order valence-electron chi connectivity index (χ2n) is 3.17. The SMILES string of the molecule is CC(c1cccc(CS)c1)C(F)(F)F. The van der Waals surface area contributed by atoms with Gasteiger partial charge in [-0.2, -0.15) is 25.8 Å². The summed E-state index contributed by atoms with van der Waals surface area (Å²) < 4.78 is 37.1. The molecule has 0 aliphatic rings. The lowest BCUT2D eigenvalue weighted by atomic mass is 9.99. The molecule has 0 amide bonds. The van der Waals surface area contributed by atoms with Gasteiger partial charge in [0.1, 0.15) is 0 Å². The summed E-state index contributed by atoms with van der Waals surface area (Å²) in [6.45, 7) is 1.16. The van der Waals surface area contributed by atoms with Crippen molar-refractivity contribution in [2.24, 2.45) is 0 Å². The normalized spacial score (nSPS) is 14.1. The number of thiol groups is 1. The van der Waals surface area contributed by atoms with E-state index in [1.165, 1.54) is 6.07 Å². The van der Waals surface area contributed by atoms with Gasteiger partial charge < -0.3 is 0 Å². The summed E-state index contributed by atoms with van der Waals surface area (Å²) in [7, 11) is 0. The summed E-state index contributed by atoms with van der Waals surface area (Å²) in [6, 6.07) is 6.43. The molecule has 0 saturated carbocycles. The van der Waals surface area contributed by atoms with Gasteiger partial charge in [-0.25, -0.2) is 0 Å². The van der Waals surface area contributed by atoms with Crippen LogP contribution in [-0.4, -0.2) is 6.18 Å². The fourth-order valence-electron chi connectivity index (χ4n) is 1.15. The van der Waals surface area contributed by atoms with E-state index in [0.717, 1.165) is 12.5 Å². The second kappa shape index (κ2) is 4.26. The highest BCUT2D eigenvalue weighted by atomic mass is 32.1. The summed E-state index contributed by atoms with van der Waals surface area (Å²) in [5.74, 6) is -0.958. The number of rotatable bonds is 2. The molecule has 0 N–H and O–H groups in total. The van der Waals surface area contributed by atoms with Crippen molar-refractivity contribution in [3.8, 4) is 0 Å². The zero-order valence-corrected chi connectivity index (χ0v) is 8.57. The average Bonchev–Trinajstić information content (AvgIpc) is 2.15. The molecule has 0 bridgehead atoms. The summed E-state index contributed by atoms with van der Waals surface area (Å²) in [5, 5.41) is 0. The molecule has 0 saturated heterocycles. The molecule has 1 rings (SSSR count). The van der Waals surface area contributed by atoms with Gasteiger partial charge in [0.05, 0.1) is 5.92 Å². The molecule has 0 aromatic heterocycles. The van der Waals surface area contributed by atoms with E-state index in [0.29, 0.717) is 11.3 Å². The van der Waals surface area contributed by atoms with Gasteiger partial charge >= 0.3 is 6.18 Å². The Morgan fingerprint density at radius 3 is 2.50 bits per heavy atom. The van der Waals surface area contributed by atoms with Crippen LogP contribution in [0.4, 0.5) is 13.2 Å². The van der Waals surface area contributed by atoms with Crippen LogP contribution < -0.4 is 0 Å². The Bertz CT molecular complexity index is 306. The van der Waals surface area contributed by atoms with Crippen LogP contribution in [0.15, 0.2) is 24.3 Å². The highest BCUT2D eigenvalue weighted by Crippen LogP contribution is 2.34. The van der Waals surface area contributed by atoms with E-state index < -0.39 is 12.1 Å². The van der Waals surface area contributed by atoms with E-state index >= 15 is 0 Å². The molecule has 1 atom stereocenters. The van der Waals surface area contributed by atoms with Gasteiger partial charge in [-0.1, -0.05) is 24.3 Å². The maximum atomic E-state index is 12.4. The van der Waals surface area contributed by atoms with Crippen LogP contribution in [0, 0.1) is 0 Å². The molecule has 0 aliphatic heterocycles. The van der Waals surface area contributed by atoms with Crippen molar-refractivity contribution in [2.75, 3.05) is 0 Å². The monoisotopic (exact) mass is 220 g/mol. The summed E-state index contributed by atoms with van der Waals surface area (Å²) in [6.07, 6.45) is -4.17. The lowest BCUT2D eigenvalue weighted by Crippen LogP contribution is -2.17. The van der Waals surface area contributed by atoms with Crippen molar-refractivity contribution in [3.05, 3.63) is 35.4 Å². The quantitative estimate of drug-likeness (QED) is 0.720. The van der Waals surface area contributed by atoms with E-state index in [2.05, 4.69) is 12.6 Å². The van der Waals surface area contributed by atoms with Crippen LogP contribution in [0.25, 0.3) is 0 Å². The van der Waals surface area contributed by atoms with Crippen LogP contribution >= 0.6 is 12.6 Å². The third-order valence-corrected chi connectivity index (χ3v) is 2.49. The molecule has 0 fully saturated rings. The third kappa shape index (κ3) is 2.67. The minimum atomic E-state index is -4.17. The van der Waals surface area contributed by atoms with Crippen molar-refractivity contribution < 1.29 is 13.2 Å². The average molecular weight is 220 g/mol. The fourth-order valence-corrected chi connectivity index (χ4v) is 1.35. The molecular weight excluding hydrogens is 209 g/mol. The zero-order chi connectivity index (χ0) is 10.8. The first-order valence-corrected chi connectivity index (χ1v) is 4.85. The number of hydrogen-bond acceptors (Lipinski definition) is 1. The van der Waals surface area contributed by atoms with Crippen LogP contribution in [0.2, 0.25) is 0 Å². The zero-order valence-electron chi connectivity index (χ0n) is 7.67. The Hall–Kier alpha value is -0.640. The molecule has 0 radical (unpaired) electrons. The molecule has 0 heterocycles. The Kier molecular flexibility index (Phi) is 3.48. The standard InChI is InChI=1S/C10H11F3S/c1-7(10(11,12)13)9-4-2-3-8(5-9)6-14/h2-5,7,14H,6H2,1H3. The van der Waals surface area contributed by atoms with E-state index in [4.69, 9.17) is 0 Å². The molecule has 1 aromatic rings. The van der Waals surface area contributed by atoms with Gasteiger partial charge in [-0.15, -0.1) is 0 Å². The largest absolute Gasteiger partial charge is 0.395 e. The molecule has 14 heavy (non-hydrogen) atoms. The van der Waals surface area contributed by atoms with Gasteiger partial charge in [0.2, 0.25) is 0 Å². The van der Waals surface area contributed by atoms with Gasteiger partial charge in [-0.05, 0) is 18.1 Å². The maximum Gasteiger partial charge on any atom is 0.395 e. The van der Waals surface area contributed by atoms with Crippen molar-refractivity contribution in [3.63, 3.8) is 0 Å². The molecule has 78 valence electrons. The van der Waals surface area contributed by atoms with Crippen LogP contribution in [0.3, 0.4) is 0 Å². The van der Waals surface area contributed by atoms with E-state index in [9.17, 15) is 13.2 Å². The predicted molar refractivity (Wildman–Crippen MR) is 53.6 cm³/mol. The third-order valence-electron chi connectivity index (χ3n) is 2.12. The molecular formula is C10H11F3S. The Labute approximate surface area is 86.5 Å². The van der Waals surface area contributed by atoms with Gasteiger partial charge in [0, 0.05) is 5.75 Å². The first-order valence-electron chi connectivity index (χ1n) is 4.21. The Morgan fingerprint density at radius 1 is 1.36 bits per heavy atom. The topological polar surface area (TPSA) is 0 Å². The number of hydrogen-bond donors (Lipinski definition) is 1. The number of benzene rings is 1. The molecule has 0 aliphatic carbocycles. The Balaban J connectivity index is 2.95. The highest BCUT2D eigenvalue weighted by Gasteiger charge is 2.36. The molecule has 0 spiro atoms. The smallest absolute Gasteiger partial charge is 0.175 e. The minimum absolute atomic E-state index is 0.295. The van der Waals surface area contributed by atoms with E-state index in [-0.39, 0.29) is 0 Å². The summed E-state index contributed by atoms with van der Waals surface area (Å²) >= 11 is 4.02. The highest BCUT2D eigenvalue weighted by molar-refractivity contribution is 7.79. The molecule has 0 nitrogen and oxygen atoms in total. The minimum Gasteiger partial charge on any atom is -0.175 e. The number of halogens is 3.